The summed E-state index contributed by atoms with van der Waals surface area (Å²) in [5.74, 6) is 3.20. The summed E-state index contributed by atoms with van der Waals surface area (Å²) in [7, 11) is 0. The maximum Gasteiger partial charge on any atom is 0.123 e. The highest BCUT2D eigenvalue weighted by Gasteiger charge is 2.59. The second-order valence-electron chi connectivity index (χ2n) is 9.88. The molecule has 0 aromatic heterocycles. The molecule has 134 valence electrons. The Labute approximate surface area is 147 Å². The van der Waals surface area contributed by atoms with Crippen LogP contribution >= 0.6 is 0 Å². The lowest BCUT2D eigenvalue weighted by Gasteiger charge is -2.58. The Bertz CT molecular complexity index is 552. The first-order chi connectivity index (χ1) is 11.4. The van der Waals surface area contributed by atoms with Crippen LogP contribution in [0.15, 0.2) is 11.6 Å². The third kappa shape index (κ3) is 2.21. The molecule has 0 aliphatic heterocycles. The van der Waals surface area contributed by atoms with Crippen LogP contribution in [0.25, 0.3) is 0 Å². The lowest BCUT2D eigenvalue weighted by molar-refractivity contribution is -0.115. The highest BCUT2D eigenvalue weighted by Crippen LogP contribution is 2.66. The van der Waals surface area contributed by atoms with Gasteiger partial charge in [-0.05, 0) is 85.9 Å². The Morgan fingerprint density at radius 2 is 1.96 bits per heavy atom. The van der Waals surface area contributed by atoms with Crippen LogP contribution in [0.5, 0.6) is 0 Å². The summed E-state index contributed by atoms with van der Waals surface area (Å²) >= 11 is 0. The first kappa shape index (κ1) is 16.8. The lowest BCUT2D eigenvalue weighted by Crippen LogP contribution is -2.50. The quantitative estimate of drug-likeness (QED) is 0.585. The van der Waals surface area contributed by atoms with E-state index in [9.17, 15) is 9.90 Å². The maximum atomic E-state index is 11.4. The monoisotopic (exact) mass is 330 g/mol. The Balaban J connectivity index is 1.64. The average molecular weight is 331 g/mol. The van der Waals surface area contributed by atoms with E-state index in [4.69, 9.17) is 0 Å². The van der Waals surface area contributed by atoms with Crippen molar-refractivity contribution in [2.24, 2.45) is 40.4 Å². The largest absolute Gasteiger partial charge is 0.393 e. The van der Waals surface area contributed by atoms with Gasteiger partial charge in [0.05, 0.1) is 6.10 Å². The van der Waals surface area contributed by atoms with Crippen LogP contribution in [-0.4, -0.2) is 17.5 Å². The number of carbonyl (C=O) groups is 1. The first-order valence-corrected chi connectivity index (χ1v) is 10.2. The number of aliphatic hydroxyl groups is 1. The van der Waals surface area contributed by atoms with Gasteiger partial charge in [0.25, 0.3) is 0 Å². The van der Waals surface area contributed by atoms with Crippen LogP contribution in [-0.2, 0) is 4.79 Å². The third-order valence-electron chi connectivity index (χ3n) is 9.00. The molecule has 4 aliphatic rings. The molecule has 0 aromatic carbocycles. The molecule has 0 saturated heterocycles. The molecule has 2 heteroatoms. The third-order valence-corrected chi connectivity index (χ3v) is 9.00. The van der Waals surface area contributed by atoms with Crippen LogP contribution < -0.4 is 0 Å². The summed E-state index contributed by atoms with van der Waals surface area (Å²) in [4.78, 5) is 11.4. The van der Waals surface area contributed by atoms with Crippen molar-refractivity contribution >= 4 is 6.29 Å². The predicted molar refractivity (Wildman–Crippen MR) is 96.4 cm³/mol. The molecule has 0 amide bonds. The fourth-order valence-electron chi connectivity index (χ4n) is 7.64. The molecule has 3 saturated carbocycles. The summed E-state index contributed by atoms with van der Waals surface area (Å²) in [6.45, 7) is 7.13. The van der Waals surface area contributed by atoms with E-state index >= 15 is 0 Å². The van der Waals surface area contributed by atoms with Crippen molar-refractivity contribution in [3.8, 4) is 0 Å². The van der Waals surface area contributed by atoms with Gasteiger partial charge < -0.3 is 9.90 Å². The minimum absolute atomic E-state index is 0.112. The Morgan fingerprint density at radius 3 is 2.71 bits per heavy atom. The molecular weight excluding hydrogens is 296 g/mol. The molecule has 1 N–H and O–H groups in total. The highest BCUT2D eigenvalue weighted by molar-refractivity contribution is 5.53. The molecule has 4 aliphatic carbocycles. The number of allylic oxidation sites excluding steroid dienone is 1. The summed E-state index contributed by atoms with van der Waals surface area (Å²) in [5, 5.41) is 10.1. The molecule has 0 radical (unpaired) electrons. The Kier molecular flexibility index (Phi) is 3.99. The second-order valence-corrected chi connectivity index (χ2v) is 9.88. The van der Waals surface area contributed by atoms with Crippen molar-refractivity contribution in [3.05, 3.63) is 11.6 Å². The van der Waals surface area contributed by atoms with Crippen LogP contribution in [0, 0.1) is 40.4 Å². The van der Waals surface area contributed by atoms with E-state index in [0.717, 1.165) is 30.6 Å². The zero-order valence-corrected chi connectivity index (χ0v) is 15.6. The van der Waals surface area contributed by atoms with E-state index in [1.165, 1.54) is 44.8 Å². The zero-order valence-electron chi connectivity index (χ0n) is 15.6. The Morgan fingerprint density at radius 1 is 1.17 bits per heavy atom. The van der Waals surface area contributed by atoms with E-state index in [2.05, 4.69) is 26.8 Å². The molecule has 0 heterocycles. The molecule has 24 heavy (non-hydrogen) atoms. The Hall–Kier alpha value is -0.630. The van der Waals surface area contributed by atoms with Crippen LogP contribution in [0.2, 0.25) is 0 Å². The van der Waals surface area contributed by atoms with Gasteiger partial charge in [-0.25, -0.2) is 0 Å². The summed E-state index contributed by atoms with van der Waals surface area (Å²) in [5.41, 5.74) is 2.26. The van der Waals surface area contributed by atoms with Gasteiger partial charge in [0.1, 0.15) is 6.29 Å². The predicted octanol–water partition coefficient (Wildman–Crippen LogP) is 4.76. The second kappa shape index (κ2) is 5.69. The number of fused-ring (bicyclic) bond motifs is 5. The summed E-state index contributed by atoms with van der Waals surface area (Å²) in [6.07, 6.45) is 13.0. The zero-order chi connectivity index (χ0) is 17.1. The topological polar surface area (TPSA) is 37.3 Å². The number of aliphatic hydroxyl groups excluding tert-OH is 1. The molecule has 8 atom stereocenters. The van der Waals surface area contributed by atoms with Crippen molar-refractivity contribution in [2.45, 2.75) is 78.2 Å². The van der Waals surface area contributed by atoms with E-state index in [1.807, 2.05) is 0 Å². The molecule has 4 rings (SSSR count). The minimum atomic E-state index is -0.112. The van der Waals surface area contributed by atoms with Gasteiger partial charge in [0.2, 0.25) is 0 Å². The van der Waals surface area contributed by atoms with E-state index in [1.54, 1.807) is 5.57 Å². The van der Waals surface area contributed by atoms with E-state index in [0.29, 0.717) is 16.7 Å². The standard InChI is InChI=1S/C22H34O2/c1-14(13-23)18-6-7-19-17-5-4-15-12-16(24)8-10-21(15,2)20(17)9-11-22(18,19)3/h4,13-14,16-20,24H,5-12H2,1-3H3/t14-,16+,17-,18+,19-,20-,21+,22-/m1/s1. The van der Waals surface area contributed by atoms with Gasteiger partial charge in [0, 0.05) is 5.92 Å². The van der Waals surface area contributed by atoms with Gasteiger partial charge in [-0.3, -0.25) is 0 Å². The van der Waals surface area contributed by atoms with Gasteiger partial charge in [0.15, 0.2) is 0 Å². The molecule has 0 spiro atoms. The SMILES string of the molecule is C[C@H](C=O)[C@@H]1CC[C@@H]2[C@H]3CC=C4C[C@@H](O)CC[C@]4(C)[C@@H]3CC[C@@]21C. The molecule has 0 bridgehead atoms. The molecule has 3 fully saturated rings. The van der Waals surface area contributed by atoms with Gasteiger partial charge in [-0.2, -0.15) is 0 Å². The minimum Gasteiger partial charge on any atom is -0.393 e. The van der Waals surface area contributed by atoms with Gasteiger partial charge in [-0.1, -0.05) is 32.4 Å². The molecule has 0 unspecified atom stereocenters. The normalized spacial score (nSPS) is 51.8. The first-order valence-electron chi connectivity index (χ1n) is 10.2. The van der Waals surface area contributed by atoms with Crippen LogP contribution in [0.4, 0.5) is 0 Å². The summed E-state index contributed by atoms with van der Waals surface area (Å²) in [6, 6.07) is 0. The fourth-order valence-corrected chi connectivity index (χ4v) is 7.64. The summed E-state index contributed by atoms with van der Waals surface area (Å²) < 4.78 is 0. The molecule has 0 aromatic rings. The van der Waals surface area contributed by atoms with Crippen LogP contribution in [0.3, 0.4) is 0 Å². The number of hydrogen-bond acceptors (Lipinski definition) is 2. The van der Waals surface area contributed by atoms with Gasteiger partial charge >= 0.3 is 0 Å². The van der Waals surface area contributed by atoms with Crippen molar-refractivity contribution in [2.75, 3.05) is 0 Å². The van der Waals surface area contributed by atoms with E-state index < -0.39 is 0 Å². The molecule has 2 nitrogen and oxygen atoms in total. The lowest BCUT2D eigenvalue weighted by atomic mass is 9.47. The number of aldehydes is 1. The smallest absolute Gasteiger partial charge is 0.123 e. The van der Waals surface area contributed by atoms with Crippen LogP contribution in [0.1, 0.15) is 72.1 Å². The number of hydrogen-bond donors (Lipinski definition) is 1. The van der Waals surface area contributed by atoms with Gasteiger partial charge in [-0.15, -0.1) is 0 Å². The highest BCUT2D eigenvalue weighted by atomic mass is 16.3. The molecular formula is C22H34O2. The van der Waals surface area contributed by atoms with Crippen molar-refractivity contribution in [3.63, 3.8) is 0 Å². The average Bonchev–Trinajstić information content (AvgIpc) is 2.92. The maximum absolute atomic E-state index is 11.4. The van der Waals surface area contributed by atoms with Crippen molar-refractivity contribution in [1.29, 1.82) is 0 Å². The number of carbonyl (C=O) groups excluding carboxylic acids is 1. The van der Waals surface area contributed by atoms with E-state index in [-0.39, 0.29) is 12.0 Å². The van der Waals surface area contributed by atoms with Crippen molar-refractivity contribution in [1.82, 2.24) is 0 Å². The fraction of sp³-hybridized carbons (Fsp3) is 0.864. The van der Waals surface area contributed by atoms with Crippen molar-refractivity contribution < 1.29 is 9.90 Å². The number of rotatable bonds is 2.